The average Bonchev–Trinajstić information content (AvgIpc) is 2.97. The number of hydrogen-bond acceptors (Lipinski definition) is 4. The number of hydrogen-bond donors (Lipinski definition) is 0. The van der Waals surface area contributed by atoms with Gasteiger partial charge in [0.25, 0.3) is 5.91 Å². The van der Waals surface area contributed by atoms with Crippen molar-refractivity contribution in [2.45, 2.75) is 31.8 Å². The predicted octanol–water partition coefficient (Wildman–Crippen LogP) is 7.37. The summed E-state index contributed by atoms with van der Waals surface area (Å²) in [5, 5.41) is 0.835. The molecule has 0 radical (unpaired) electrons. The summed E-state index contributed by atoms with van der Waals surface area (Å²) in [6, 6.07) is 32.2. The first kappa shape index (κ1) is 26.9. The second-order valence-corrected chi connectivity index (χ2v) is 10.3. The molecule has 5 rings (SSSR count). The quantitative estimate of drug-likeness (QED) is 0.222. The summed E-state index contributed by atoms with van der Waals surface area (Å²) in [5.74, 6) is -0.758. The number of carbonyl (C=O) groups is 2. The van der Waals surface area contributed by atoms with Gasteiger partial charge in [0.15, 0.2) is 6.10 Å². The van der Waals surface area contributed by atoms with Gasteiger partial charge in [0.05, 0.1) is 22.2 Å². The SMILES string of the molecule is CC(OC(=O)c1ccccc1)C1OC(c2ccc(Cl)c(Cl)c2)CN(Cc2ccc(-c3ccccc3)cc2)C1=O. The molecule has 0 aromatic heterocycles. The van der Waals surface area contributed by atoms with Crippen LogP contribution in [0, 0.1) is 0 Å². The Morgan fingerprint density at radius 1 is 0.897 bits per heavy atom. The Morgan fingerprint density at radius 2 is 1.54 bits per heavy atom. The van der Waals surface area contributed by atoms with Gasteiger partial charge in [0, 0.05) is 6.54 Å². The first-order valence-electron chi connectivity index (χ1n) is 12.7. The van der Waals surface area contributed by atoms with Gasteiger partial charge in [-0.1, -0.05) is 102 Å². The fourth-order valence-corrected chi connectivity index (χ4v) is 4.93. The molecule has 3 unspecified atom stereocenters. The normalized spacial score (nSPS) is 18.0. The first-order valence-corrected chi connectivity index (χ1v) is 13.4. The highest BCUT2D eigenvalue weighted by atomic mass is 35.5. The molecule has 0 spiro atoms. The van der Waals surface area contributed by atoms with Crippen LogP contribution in [0.5, 0.6) is 0 Å². The standard InChI is InChI=1S/C32H27Cl2NO4/c1-21(38-32(37)25-10-6-3-7-11-25)30-31(36)35(20-29(39-30)26-16-17-27(33)28(34)18-26)19-22-12-14-24(15-13-22)23-8-4-2-5-9-23/h2-18,21,29-30H,19-20H2,1H3. The molecular formula is C32H27Cl2NO4. The van der Waals surface area contributed by atoms with Gasteiger partial charge < -0.3 is 14.4 Å². The van der Waals surface area contributed by atoms with Crippen LogP contribution in [0.2, 0.25) is 10.0 Å². The Kier molecular flexibility index (Phi) is 8.32. The average molecular weight is 560 g/mol. The van der Waals surface area contributed by atoms with Crippen LogP contribution in [0.4, 0.5) is 0 Å². The summed E-state index contributed by atoms with van der Waals surface area (Å²) in [6.07, 6.45) is -2.29. The zero-order chi connectivity index (χ0) is 27.4. The number of halogens is 2. The molecule has 1 saturated heterocycles. The van der Waals surface area contributed by atoms with Gasteiger partial charge in [-0.05, 0) is 53.4 Å². The topological polar surface area (TPSA) is 55.8 Å². The van der Waals surface area contributed by atoms with Gasteiger partial charge in [0.1, 0.15) is 12.2 Å². The van der Waals surface area contributed by atoms with Gasteiger partial charge in [-0.25, -0.2) is 4.79 Å². The minimum absolute atomic E-state index is 0.244. The maximum Gasteiger partial charge on any atom is 0.338 e. The molecular weight excluding hydrogens is 533 g/mol. The number of nitrogens with zero attached hydrogens (tertiary/aromatic N) is 1. The minimum Gasteiger partial charge on any atom is -0.456 e. The maximum atomic E-state index is 13.6. The Labute approximate surface area is 237 Å². The second-order valence-electron chi connectivity index (χ2n) is 9.48. The predicted molar refractivity (Wildman–Crippen MR) is 153 cm³/mol. The Balaban J connectivity index is 1.38. The second kappa shape index (κ2) is 12.0. The van der Waals surface area contributed by atoms with Crippen molar-refractivity contribution in [2.75, 3.05) is 6.54 Å². The number of amides is 1. The van der Waals surface area contributed by atoms with E-state index in [-0.39, 0.29) is 5.91 Å². The lowest BCUT2D eigenvalue weighted by molar-refractivity contribution is -0.175. The van der Waals surface area contributed by atoms with Crippen LogP contribution < -0.4 is 0 Å². The van der Waals surface area contributed by atoms with Crippen LogP contribution >= 0.6 is 23.2 Å². The third-order valence-electron chi connectivity index (χ3n) is 6.73. The summed E-state index contributed by atoms with van der Waals surface area (Å²) in [4.78, 5) is 28.1. The summed E-state index contributed by atoms with van der Waals surface area (Å²) >= 11 is 12.4. The molecule has 0 aliphatic carbocycles. The molecule has 0 saturated carbocycles. The third-order valence-corrected chi connectivity index (χ3v) is 7.47. The monoisotopic (exact) mass is 559 g/mol. The molecule has 7 heteroatoms. The maximum absolute atomic E-state index is 13.6. The highest BCUT2D eigenvalue weighted by molar-refractivity contribution is 6.42. The summed E-state index contributed by atoms with van der Waals surface area (Å²) in [7, 11) is 0. The van der Waals surface area contributed by atoms with Crippen LogP contribution in [0.15, 0.2) is 103 Å². The van der Waals surface area contributed by atoms with Crippen molar-refractivity contribution in [3.05, 3.63) is 130 Å². The number of rotatable bonds is 7. The zero-order valence-electron chi connectivity index (χ0n) is 21.3. The molecule has 1 amide bonds. The van der Waals surface area contributed by atoms with Crippen molar-refractivity contribution in [1.29, 1.82) is 0 Å². The van der Waals surface area contributed by atoms with Gasteiger partial charge in [-0.3, -0.25) is 4.79 Å². The van der Waals surface area contributed by atoms with Crippen LogP contribution in [0.1, 0.15) is 34.5 Å². The Morgan fingerprint density at radius 3 is 2.21 bits per heavy atom. The molecule has 4 aromatic rings. The number of morpholine rings is 1. The molecule has 0 bridgehead atoms. The molecule has 1 aliphatic rings. The van der Waals surface area contributed by atoms with Crippen molar-refractivity contribution in [2.24, 2.45) is 0 Å². The summed E-state index contributed by atoms with van der Waals surface area (Å²) in [5.41, 5.74) is 4.39. The lowest BCUT2D eigenvalue weighted by atomic mass is 10.0. The van der Waals surface area contributed by atoms with E-state index >= 15 is 0 Å². The molecule has 3 atom stereocenters. The van der Waals surface area contributed by atoms with Crippen molar-refractivity contribution >= 4 is 35.1 Å². The van der Waals surface area contributed by atoms with Gasteiger partial charge in [0.2, 0.25) is 0 Å². The van der Waals surface area contributed by atoms with E-state index in [2.05, 4.69) is 12.1 Å². The van der Waals surface area contributed by atoms with Crippen molar-refractivity contribution in [3.8, 4) is 11.1 Å². The van der Waals surface area contributed by atoms with Crippen LogP contribution in [0.25, 0.3) is 11.1 Å². The Bertz CT molecular complexity index is 1440. The van der Waals surface area contributed by atoms with Gasteiger partial charge in [-0.15, -0.1) is 0 Å². The summed E-state index contributed by atoms with van der Waals surface area (Å²) in [6.45, 7) is 2.37. The van der Waals surface area contributed by atoms with Crippen molar-refractivity contribution in [3.63, 3.8) is 0 Å². The van der Waals surface area contributed by atoms with E-state index < -0.39 is 24.3 Å². The van der Waals surface area contributed by atoms with Gasteiger partial charge in [-0.2, -0.15) is 0 Å². The third kappa shape index (κ3) is 6.34. The van der Waals surface area contributed by atoms with Crippen LogP contribution in [-0.2, 0) is 20.8 Å². The fourth-order valence-electron chi connectivity index (χ4n) is 4.63. The van der Waals surface area contributed by atoms with E-state index in [1.54, 1.807) is 48.2 Å². The number of carbonyl (C=O) groups excluding carboxylic acids is 2. The van der Waals surface area contributed by atoms with E-state index in [1.165, 1.54) is 0 Å². The van der Waals surface area contributed by atoms with E-state index in [1.807, 2.05) is 54.6 Å². The molecule has 5 nitrogen and oxygen atoms in total. The highest BCUT2D eigenvalue weighted by Gasteiger charge is 2.40. The Hall–Kier alpha value is -3.64. The van der Waals surface area contributed by atoms with E-state index in [0.717, 1.165) is 22.3 Å². The number of ether oxygens (including phenoxy) is 2. The smallest absolute Gasteiger partial charge is 0.338 e. The molecule has 0 N–H and O–H groups in total. The van der Waals surface area contributed by atoms with Gasteiger partial charge >= 0.3 is 5.97 Å². The summed E-state index contributed by atoms with van der Waals surface area (Å²) < 4.78 is 11.9. The first-order chi connectivity index (χ1) is 18.9. The fraction of sp³-hybridized carbons (Fsp3) is 0.188. The van der Waals surface area contributed by atoms with Crippen molar-refractivity contribution in [1.82, 2.24) is 4.90 Å². The number of esters is 1. The highest BCUT2D eigenvalue weighted by Crippen LogP contribution is 2.33. The molecule has 1 heterocycles. The molecule has 1 fully saturated rings. The van der Waals surface area contributed by atoms with Crippen molar-refractivity contribution < 1.29 is 19.1 Å². The number of benzene rings is 4. The lowest BCUT2D eigenvalue weighted by Crippen LogP contribution is -2.53. The largest absolute Gasteiger partial charge is 0.456 e. The molecule has 198 valence electrons. The zero-order valence-corrected chi connectivity index (χ0v) is 22.8. The molecule has 4 aromatic carbocycles. The van der Waals surface area contributed by atoms with Crippen LogP contribution in [0.3, 0.4) is 0 Å². The van der Waals surface area contributed by atoms with E-state index in [0.29, 0.717) is 28.7 Å². The van der Waals surface area contributed by atoms with E-state index in [9.17, 15) is 9.59 Å². The lowest BCUT2D eigenvalue weighted by Gasteiger charge is -2.39. The minimum atomic E-state index is -0.991. The molecule has 39 heavy (non-hydrogen) atoms. The van der Waals surface area contributed by atoms with Crippen LogP contribution in [-0.4, -0.2) is 35.5 Å². The molecule has 1 aliphatic heterocycles. The van der Waals surface area contributed by atoms with E-state index in [4.69, 9.17) is 32.7 Å².